The molecule has 8 aromatic rings. The minimum atomic E-state index is 0.115. The first-order valence-electron chi connectivity index (χ1n) is 23.7. The molecule has 5 nitrogen and oxygen atoms in total. The fourth-order valence-corrected chi connectivity index (χ4v) is 10.4. The fourth-order valence-electron chi connectivity index (χ4n) is 10.4. The van der Waals surface area contributed by atoms with Gasteiger partial charge in [-0.15, -0.1) is 0 Å². The normalized spacial score (nSPS) is 15.6. The number of para-hydroxylation sites is 2. The van der Waals surface area contributed by atoms with E-state index in [9.17, 15) is 0 Å². The van der Waals surface area contributed by atoms with Crippen molar-refractivity contribution in [1.82, 2.24) is 19.5 Å². The van der Waals surface area contributed by atoms with Gasteiger partial charge in [-0.05, 0) is 83.2 Å². The molecule has 0 bridgehead atoms. The van der Waals surface area contributed by atoms with Crippen LogP contribution in [0.15, 0.2) is 225 Å². The summed E-state index contributed by atoms with van der Waals surface area (Å²) in [5.41, 5.74) is 18.8. The highest BCUT2D eigenvalue weighted by atomic mass is 15.2. The van der Waals surface area contributed by atoms with Gasteiger partial charge < -0.3 is 9.47 Å². The van der Waals surface area contributed by atoms with Crippen molar-refractivity contribution in [2.24, 2.45) is 0 Å². The van der Waals surface area contributed by atoms with E-state index in [0.717, 1.165) is 75.1 Å². The van der Waals surface area contributed by atoms with Crippen molar-refractivity contribution in [3.63, 3.8) is 0 Å². The first kappa shape index (κ1) is 41.6. The summed E-state index contributed by atoms with van der Waals surface area (Å²) < 4.78 is 2.55. The van der Waals surface area contributed by atoms with E-state index in [2.05, 4.69) is 198 Å². The second-order valence-corrected chi connectivity index (χ2v) is 17.7. The van der Waals surface area contributed by atoms with E-state index >= 15 is 0 Å². The van der Waals surface area contributed by atoms with Crippen LogP contribution < -0.4 is 4.90 Å². The molecule has 0 saturated carbocycles. The van der Waals surface area contributed by atoms with Crippen molar-refractivity contribution in [1.29, 1.82) is 0 Å². The number of benzene rings is 6. The molecule has 0 amide bonds. The third kappa shape index (κ3) is 7.53. The maximum Gasteiger partial charge on any atom is 0.164 e. The van der Waals surface area contributed by atoms with E-state index < -0.39 is 0 Å². The Bertz CT molecular complexity index is 3640. The zero-order valence-electron chi connectivity index (χ0n) is 38.2. The highest BCUT2D eigenvalue weighted by Gasteiger charge is 2.39. The van der Waals surface area contributed by atoms with Crippen LogP contribution in [0.2, 0.25) is 0 Å². The number of allylic oxidation sites excluding steroid dienone is 12. The van der Waals surface area contributed by atoms with E-state index in [-0.39, 0.29) is 5.92 Å². The average Bonchev–Trinajstić information content (AvgIpc) is 3.75. The maximum atomic E-state index is 5.34. The zero-order chi connectivity index (χ0) is 46.3. The second kappa shape index (κ2) is 17.8. The molecule has 0 saturated heterocycles. The van der Waals surface area contributed by atoms with Crippen molar-refractivity contribution >= 4 is 33.8 Å². The van der Waals surface area contributed by atoms with Gasteiger partial charge in [-0.3, -0.25) is 0 Å². The van der Waals surface area contributed by atoms with Gasteiger partial charge in [-0.25, -0.2) is 15.0 Å². The number of hydrogen-bond donors (Lipinski definition) is 0. The van der Waals surface area contributed by atoms with Crippen molar-refractivity contribution in [2.45, 2.75) is 31.6 Å². The van der Waals surface area contributed by atoms with Gasteiger partial charge in [-0.1, -0.05) is 189 Å². The molecule has 0 N–H and O–H groups in total. The van der Waals surface area contributed by atoms with Crippen molar-refractivity contribution < 1.29 is 0 Å². The predicted octanol–water partition coefficient (Wildman–Crippen LogP) is 15.3. The number of anilines is 1. The van der Waals surface area contributed by atoms with Crippen LogP contribution in [0.25, 0.3) is 79.1 Å². The maximum absolute atomic E-state index is 5.34. The Kier molecular flexibility index (Phi) is 10.7. The van der Waals surface area contributed by atoms with Crippen LogP contribution in [-0.2, 0) is 6.42 Å². The summed E-state index contributed by atoms with van der Waals surface area (Å²) in [5.74, 6) is 8.65. The van der Waals surface area contributed by atoms with Gasteiger partial charge in [0.1, 0.15) is 0 Å². The Balaban J connectivity index is 1.11. The largest absolute Gasteiger partial charge is 0.314 e. The SMILES string of the molecule is C=C/C=C\C(=C)N1C2=Cc3c(n(-c4c(C5=CC=CC#CC5)cc(-c5nc(-c6ccccc6)nc(-c6ccc(C7=CCCC=C7)cc6)n5)cc4-c4ccccc4)c4ccccc34)CC2c2ccccc21. The Morgan fingerprint density at radius 1 is 0.696 bits per heavy atom. The van der Waals surface area contributed by atoms with Crippen LogP contribution in [0.1, 0.15) is 53.1 Å². The molecular weight excluding hydrogens is 839 g/mol. The molecule has 3 heterocycles. The number of hydrogen-bond acceptors (Lipinski definition) is 4. The van der Waals surface area contributed by atoms with Gasteiger partial charge in [0.25, 0.3) is 0 Å². The fraction of sp³-hybridized carbons (Fsp3) is 0.0781. The molecule has 1 aliphatic heterocycles. The summed E-state index contributed by atoms with van der Waals surface area (Å²) in [6.07, 6.45) is 24.7. The summed E-state index contributed by atoms with van der Waals surface area (Å²) >= 11 is 0. The summed E-state index contributed by atoms with van der Waals surface area (Å²) in [6.45, 7) is 8.49. The Morgan fingerprint density at radius 3 is 2.14 bits per heavy atom. The molecule has 5 heteroatoms. The van der Waals surface area contributed by atoms with Crippen LogP contribution in [0, 0.1) is 11.8 Å². The molecule has 12 rings (SSSR count). The highest BCUT2D eigenvalue weighted by Crippen LogP contribution is 2.53. The third-order valence-corrected chi connectivity index (χ3v) is 13.6. The Hall–Kier alpha value is -8.85. The highest BCUT2D eigenvalue weighted by molar-refractivity contribution is 5.99. The number of rotatable bonds is 10. The molecule has 4 aliphatic rings. The first-order chi connectivity index (χ1) is 34.1. The molecule has 3 aliphatic carbocycles. The lowest BCUT2D eigenvalue weighted by Gasteiger charge is -2.28. The molecule has 69 heavy (non-hydrogen) atoms. The van der Waals surface area contributed by atoms with Gasteiger partial charge in [0.05, 0.1) is 11.2 Å². The minimum Gasteiger partial charge on any atom is -0.314 e. The molecule has 2 aromatic heterocycles. The quantitative estimate of drug-likeness (QED) is 0.101. The lowest BCUT2D eigenvalue weighted by Crippen LogP contribution is -2.21. The summed E-state index contributed by atoms with van der Waals surface area (Å²) in [6, 6.07) is 51.8. The number of aromatic nitrogens is 4. The monoisotopic (exact) mass is 885 g/mol. The lowest BCUT2D eigenvalue weighted by atomic mass is 9.86. The summed E-state index contributed by atoms with van der Waals surface area (Å²) in [5, 5.41) is 1.20. The molecular formula is C64H47N5. The van der Waals surface area contributed by atoms with Crippen molar-refractivity contribution in [3.8, 4) is 62.8 Å². The van der Waals surface area contributed by atoms with Gasteiger partial charge in [0, 0.05) is 80.3 Å². The van der Waals surface area contributed by atoms with E-state index in [1.807, 2.05) is 36.4 Å². The van der Waals surface area contributed by atoms with Gasteiger partial charge in [-0.2, -0.15) is 0 Å². The molecule has 0 spiro atoms. The smallest absolute Gasteiger partial charge is 0.164 e. The minimum absolute atomic E-state index is 0.115. The van der Waals surface area contributed by atoms with E-state index in [1.165, 1.54) is 44.7 Å². The molecule has 0 radical (unpaired) electrons. The molecule has 1 atom stereocenters. The molecule has 0 fully saturated rings. The van der Waals surface area contributed by atoms with E-state index in [1.54, 1.807) is 6.08 Å². The zero-order valence-corrected chi connectivity index (χ0v) is 38.2. The Morgan fingerprint density at radius 2 is 1.38 bits per heavy atom. The number of fused-ring (bicyclic) bond motifs is 6. The number of nitrogens with zero attached hydrogens (tertiary/aromatic N) is 5. The van der Waals surface area contributed by atoms with Gasteiger partial charge in [0.15, 0.2) is 17.5 Å². The van der Waals surface area contributed by atoms with Crippen LogP contribution in [0.4, 0.5) is 5.69 Å². The van der Waals surface area contributed by atoms with E-state index in [0.29, 0.717) is 23.9 Å². The van der Waals surface area contributed by atoms with Crippen molar-refractivity contribution in [3.05, 3.63) is 253 Å². The van der Waals surface area contributed by atoms with Crippen molar-refractivity contribution in [2.75, 3.05) is 4.90 Å². The summed E-state index contributed by atoms with van der Waals surface area (Å²) in [4.78, 5) is 18.1. The standard InChI is InChI=1S/C64H47N5/c1-3-4-22-43(2)68-57-33-20-18-31-51(57)55-42-60-56(41-59(55)68)52-32-19-21-34-58(52)69(60)61-53(46-25-10-5-6-11-26-46)39-50(40-54(61)47-27-14-8-15-28-47)64-66-62(48-29-16-9-17-30-48)65-63(67-64)49-37-35-45(36-38-49)44-23-12-7-13-24-44/h3-5,8-10,12,14-25,27-41,55H,1-2,7,13,26,42H2/b22-4-. The third-order valence-electron chi connectivity index (χ3n) is 13.6. The predicted molar refractivity (Wildman–Crippen MR) is 286 cm³/mol. The molecule has 1 unspecified atom stereocenters. The van der Waals surface area contributed by atoms with Crippen LogP contribution >= 0.6 is 0 Å². The van der Waals surface area contributed by atoms with Crippen LogP contribution in [-0.4, -0.2) is 19.5 Å². The van der Waals surface area contributed by atoms with Gasteiger partial charge >= 0.3 is 0 Å². The summed E-state index contributed by atoms with van der Waals surface area (Å²) in [7, 11) is 0. The Labute approximate surface area is 403 Å². The molecule has 328 valence electrons. The van der Waals surface area contributed by atoms with Gasteiger partial charge in [0.2, 0.25) is 0 Å². The van der Waals surface area contributed by atoms with Crippen LogP contribution in [0.5, 0.6) is 0 Å². The topological polar surface area (TPSA) is 46.8 Å². The van der Waals surface area contributed by atoms with Crippen LogP contribution in [0.3, 0.4) is 0 Å². The van der Waals surface area contributed by atoms with E-state index in [4.69, 9.17) is 15.0 Å². The lowest BCUT2D eigenvalue weighted by molar-refractivity contribution is 0.758. The second-order valence-electron chi connectivity index (χ2n) is 17.7. The molecule has 6 aromatic carbocycles. The first-order valence-corrected chi connectivity index (χ1v) is 23.7. The average molecular weight is 886 g/mol.